The molecule has 96 valence electrons. The summed E-state index contributed by atoms with van der Waals surface area (Å²) in [7, 11) is 2.05. The highest BCUT2D eigenvalue weighted by Crippen LogP contribution is 2.63. The highest BCUT2D eigenvalue weighted by molar-refractivity contribution is 5.30. The zero-order chi connectivity index (χ0) is 13.0. The summed E-state index contributed by atoms with van der Waals surface area (Å²) in [5.74, 6) is 1.17. The third kappa shape index (κ3) is 1.90. The van der Waals surface area contributed by atoms with E-state index < -0.39 is 0 Å². The molecular formula is C14H25N3. The molecule has 1 aliphatic carbocycles. The molecule has 0 bridgehead atoms. The Morgan fingerprint density at radius 3 is 2.35 bits per heavy atom. The summed E-state index contributed by atoms with van der Waals surface area (Å²) < 4.78 is 2.04. The average Bonchev–Trinajstić information content (AvgIpc) is 2.52. The molecule has 0 aromatic carbocycles. The van der Waals surface area contributed by atoms with Crippen LogP contribution in [0.4, 0.5) is 0 Å². The van der Waals surface area contributed by atoms with E-state index in [1.54, 1.807) is 0 Å². The summed E-state index contributed by atoms with van der Waals surface area (Å²) >= 11 is 0. The predicted octanol–water partition coefficient (Wildman–Crippen LogP) is 2.42. The molecule has 2 atom stereocenters. The molecule has 1 aromatic heterocycles. The van der Waals surface area contributed by atoms with E-state index in [2.05, 4.69) is 45.8 Å². The Kier molecular flexibility index (Phi) is 2.66. The molecule has 1 fully saturated rings. The lowest BCUT2D eigenvalue weighted by Gasteiger charge is -2.13. The summed E-state index contributed by atoms with van der Waals surface area (Å²) in [4.78, 5) is 0. The van der Waals surface area contributed by atoms with Crippen LogP contribution in [0.1, 0.15) is 51.9 Å². The third-order valence-electron chi connectivity index (χ3n) is 4.31. The second-order valence-corrected chi connectivity index (χ2v) is 6.97. The minimum Gasteiger partial charge on any atom is -0.330 e. The molecular weight excluding hydrogens is 210 g/mol. The van der Waals surface area contributed by atoms with Gasteiger partial charge in [0.25, 0.3) is 0 Å². The maximum Gasteiger partial charge on any atom is 0.0680 e. The summed E-state index contributed by atoms with van der Waals surface area (Å²) in [6, 6.07) is 2.27. The van der Waals surface area contributed by atoms with Crippen LogP contribution in [-0.2, 0) is 12.5 Å². The Bertz CT molecular complexity index is 423. The summed E-state index contributed by atoms with van der Waals surface area (Å²) in [5.41, 5.74) is 8.82. The van der Waals surface area contributed by atoms with Gasteiger partial charge in [-0.2, -0.15) is 5.10 Å². The first-order chi connectivity index (χ1) is 7.69. The molecule has 0 amide bonds. The number of rotatable bonds is 2. The minimum absolute atomic E-state index is 0.118. The second kappa shape index (κ2) is 3.58. The normalized spacial score (nSPS) is 27.2. The van der Waals surface area contributed by atoms with Crippen molar-refractivity contribution in [3.63, 3.8) is 0 Å². The van der Waals surface area contributed by atoms with Gasteiger partial charge in [-0.15, -0.1) is 0 Å². The largest absolute Gasteiger partial charge is 0.330 e. The van der Waals surface area contributed by atoms with Crippen LogP contribution >= 0.6 is 0 Å². The molecule has 1 aromatic rings. The van der Waals surface area contributed by atoms with Crippen LogP contribution in [0.25, 0.3) is 0 Å². The van der Waals surface area contributed by atoms with E-state index in [9.17, 15) is 0 Å². The van der Waals surface area contributed by atoms with Gasteiger partial charge in [0, 0.05) is 24.1 Å². The van der Waals surface area contributed by atoms with Crippen molar-refractivity contribution in [2.45, 2.75) is 46.0 Å². The quantitative estimate of drug-likeness (QED) is 0.855. The van der Waals surface area contributed by atoms with Crippen LogP contribution in [-0.4, -0.2) is 16.3 Å². The fraction of sp³-hybridized carbons (Fsp3) is 0.786. The molecule has 3 nitrogen and oxygen atoms in total. The Labute approximate surface area is 104 Å². The fourth-order valence-corrected chi connectivity index (χ4v) is 2.91. The topological polar surface area (TPSA) is 43.8 Å². The van der Waals surface area contributed by atoms with Gasteiger partial charge in [-0.1, -0.05) is 34.6 Å². The predicted molar refractivity (Wildman–Crippen MR) is 71.0 cm³/mol. The van der Waals surface area contributed by atoms with E-state index in [0.29, 0.717) is 17.3 Å². The maximum absolute atomic E-state index is 5.85. The Hall–Kier alpha value is -0.830. The smallest absolute Gasteiger partial charge is 0.0680 e. The molecule has 2 N–H and O–H groups in total. The minimum atomic E-state index is 0.118. The van der Waals surface area contributed by atoms with E-state index in [0.717, 1.165) is 6.54 Å². The number of hydrogen-bond acceptors (Lipinski definition) is 2. The Balaban J connectivity index is 2.33. The van der Waals surface area contributed by atoms with Gasteiger partial charge >= 0.3 is 0 Å². The van der Waals surface area contributed by atoms with Crippen LogP contribution in [0.15, 0.2) is 6.07 Å². The van der Waals surface area contributed by atoms with E-state index in [4.69, 9.17) is 5.73 Å². The van der Waals surface area contributed by atoms with Gasteiger partial charge < -0.3 is 5.73 Å². The number of hydrogen-bond donors (Lipinski definition) is 1. The van der Waals surface area contributed by atoms with Crippen LogP contribution in [0, 0.1) is 11.3 Å². The van der Waals surface area contributed by atoms with Gasteiger partial charge in [-0.05, 0) is 23.9 Å². The summed E-state index contributed by atoms with van der Waals surface area (Å²) in [6.07, 6.45) is 0. The number of nitrogens with zero attached hydrogens (tertiary/aromatic N) is 2. The molecule has 0 spiro atoms. The van der Waals surface area contributed by atoms with Crippen molar-refractivity contribution >= 4 is 0 Å². The van der Waals surface area contributed by atoms with Crippen LogP contribution < -0.4 is 5.73 Å². The fourth-order valence-electron chi connectivity index (χ4n) is 2.91. The number of aryl methyl sites for hydroxylation is 1. The lowest BCUT2D eigenvalue weighted by Crippen LogP contribution is -2.12. The van der Waals surface area contributed by atoms with Crippen molar-refractivity contribution in [2.75, 3.05) is 6.54 Å². The molecule has 1 aliphatic rings. The van der Waals surface area contributed by atoms with Crippen molar-refractivity contribution in [1.29, 1.82) is 0 Å². The molecule has 17 heavy (non-hydrogen) atoms. The average molecular weight is 235 g/mol. The first kappa shape index (κ1) is 12.6. The molecule has 3 heteroatoms. The lowest BCUT2D eigenvalue weighted by molar-refractivity contribution is 0.544. The van der Waals surface area contributed by atoms with E-state index in [1.807, 2.05) is 11.7 Å². The SMILES string of the molecule is Cn1nc(C(C)(C)C)cc1[C@H]1[C@H](CN)C1(C)C. The Morgan fingerprint density at radius 2 is 2.00 bits per heavy atom. The van der Waals surface area contributed by atoms with Gasteiger partial charge in [0.1, 0.15) is 0 Å². The molecule has 0 unspecified atom stereocenters. The van der Waals surface area contributed by atoms with E-state index >= 15 is 0 Å². The molecule has 0 radical (unpaired) electrons. The number of aromatic nitrogens is 2. The lowest BCUT2D eigenvalue weighted by atomic mass is 9.92. The first-order valence-corrected chi connectivity index (χ1v) is 6.44. The highest BCUT2D eigenvalue weighted by atomic mass is 15.3. The highest BCUT2D eigenvalue weighted by Gasteiger charge is 2.58. The zero-order valence-corrected chi connectivity index (χ0v) is 11.9. The standard InChI is InChI=1S/C14H25N3/c1-13(2,3)11-7-10(17(6)16-11)12-9(8-15)14(12,4)5/h7,9,12H,8,15H2,1-6H3/t9-,12+/m0/s1. The maximum atomic E-state index is 5.85. The molecule has 1 heterocycles. The van der Waals surface area contributed by atoms with Gasteiger partial charge in [-0.25, -0.2) is 0 Å². The number of nitrogens with two attached hydrogens (primary N) is 1. The van der Waals surface area contributed by atoms with Gasteiger partial charge in [0.15, 0.2) is 0 Å². The molecule has 0 saturated heterocycles. The second-order valence-electron chi connectivity index (χ2n) is 6.97. The molecule has 1 saturated carbocycles. The van der Waals surface area contributed by atoms with Crippen LogP contribution in [0.5, 0.6) is 0 Å². The molecule has 0 aliphatic heterocycles. The van der Waals surface area contributed by atoms with Gasteiger partial charge in [-0.3, -0.25) is 4.68 Å². The van der Waals surface area contributed by atoms with Gasteiger partial charge in [0.2, 0.25) is 0 Å². The van der Waals surface area contributed by atoms with Crippen molar-refractivity contribution in [3.05, 3.63) is 17.5 Å². The molecule has 2 rings (SSSR count). The Morgan fingerprint density at radius 1 is 1.41 bits per heavy atom. The first-order valence-electron chi connectivity index (χ1n) is 6.44. The summed E-state index contributed by atoms with van der Waals surface area (Å²) in [5, 5.41) is 4.65. The van der Waals surface area contributed by atoms with E-state index in [1.165, 1.54) is 11.4 Å². The van der Waals surface area contributed by atoms with Crippen molar-refractivity contribution in [2.24, 2.45) is 24.1 Å². The van der Waals surface area contributed by atoms with Crippen molar-refractivity contribution in [1.82, 2.24) is 9.78 Å². The monoisotopic (exact) mass is 235 g/mol. The summed E-state index contributed by atoms with van der Waals surface area (Å²) in [6.45, 7) is 12.0. The van der Waals surface area contributed by atoms with Crippen molar-refractivity contribution in [3.8, 4) is 0 Å². The van der Waals surface area contributed by atoms with Gasteiger partial charge in [0.05, 0.1) is 5.69 Å². The van der Waals surface area contributed by atoms with Crippen LogP contribution in [0.3, 0.4) is 0 Å². The zero-order valence-electron chi connectivity index (χ0n) is 11.9. The third-order valence-corrected chi connectivity index (χ3v) is 4.31. The van der Waals surface area contributed by atoms with E-state index in [-0.39, 0.29) is 5.41 Å². The van der Waals surface area contributed by atoms with Crippen molar-refractivity contribution < 1.29 is 0 Å². The van der Waals surface area contributed by atoms with Crippen LogP contribution in [0.2, 0.25) is 0 Å².